The minimum Gasteiger partial charge on any atom is -0.490 e. The number of amides is 1. The van der Waals surface area contributed by atoms with Crippen molar-refractivity contribution in [2.24, 2.45) is 0 Å². The molecule has 0 radical (unpaired) electrons. The summed E-state index contributed by atoms with van der Waals surface area (Å²) < 4.78 is 16.4. The van der Waals surface area contributed by atoms with Gasteiger partial charge in [-0.2, -0.15) is 0 Å². The summed E-state index contributed by atoms with van der Waals surface area (Å²) in [6.45, 7) is 7.74. The van der Waals surface area contributed by atoms with Crippen molar-refractivity contribution in [2.75, 3.05) is 39.6 Å². The molecule has 0 atom stereocenters. The Morgan fingerprint density at radius 1 is 1.22 bits per heavy atom. The Balaban J connectivity index is 2.07. The van der Waals surface area contributed by atoms with Gasteiger partial charge in [0.05, 0.1) is 12.2 Å². The van der Waals surface area contributed by atoms with E-state index in [-0.39, 0.29) is 11.9 Å². The monoisotopic (exact) mass is 321 g/mol. The number of hydrogen-bond acceptors (Lipinski definition) is 4. The normalized spacial score (nSPS) is 15.4. The van der Waals surface area contributed by atoms with E-state index in [1.54, 1.807) is 0 Å². The smallest absolute Gasteiger partial charge is 0.257 e. The number of nitrogens with zero attached hydrogens (tertiary/aromatic N) is 1. The summed E-state index contributed by atoms with van der Waals surface area (Å²) in [5.74, 6) is 0.661. The molecule has 0 unspecified atom stereocenters. The Kier molecular flexibility index (Phi) is 7.36. The molecular formula is C18H27NO4. The van der Waals surface area contributed by atoms with Crippen molar-refractivity contribution >= 4 is 5.91 Å². The summed E-state index contributed by atoms with van der Waals surface area (Å²) in [6.07, 6.45) is 1.79. The van der Waals surface area contributed by atoms with Crippen LogP contribution in [-0.4, -0.2) is 56.4 Å². The molecule has 2 rings (SSSR count). The largest absolute Gasteiger partial charge is 0.490 e. The van der Waals surface area contributed by atoms with Gasteiger partial charge in [-0.25, -0.2) is 0 Å². The van der Waals surface area contributed by atoms with Gasteiger partial charge in [-0.05, 0) is 38.8 Å². The zero-order valence-corrected chi connectivity index (χ0v) is 14.1. The van der Waals surface area contributed by atoms with Gasteiger partial charge >= 0.3 is 0 Å². The molecule has 128 valence electrons. The first-order valence-corrected chi connectivity index (χ1v) is 8.46. The first-order valence-electron chi connectivity index (χ1n) is 8.46. The van der Waals surface area contributed by atoms with E-state index in [4.69, 9.17) is 14.2 Å². The molecule has 1 aliphatic heterocycles. The van der Waals surface area contributed by atoms with Crippen LogP contribution in [0.15, 0.2) is 24.3 Å². The highest BCUT2D eigenvalue weighted by Gasteiger charge is 2.27. The van der Waals surface area contributed by atoms with Gasteiger partial charge < -0.3 is 19.1 Å². The van der Waals surface area contributed by atoms with Crippen molar-refractivity contribution in [3.8, 4) is 5.75 Å². The Morgan fingerprint density at radius 2 is 1.96 bits per heavy atom. The van der Waals surface area contributed by atoms with Crippen molar-refractivity contribution in [1.82, 2.24) is 4.90 Å². The Labute approximate surface area is 138 Å². The molecule has 1 fully saturated rings. The van der Waals surface area contributed by atoms with Gasteiger partial charge in [0.15, 0.2) is 0 Å². The summed E-state index contributed by atoms with van der Waals surface area (Å²) in [7, 11) is 0. The lowest BCUT2D eigenvalue weighted by Crippen LogP contribution is -2.43. The van der Waals surface area contributed by atoms with Crippen molar-refractivity contribution in [1.29, 1.82) is 0 Å². The topological polar surface area (TPSA) is 48.0 Å². The Bertz CT molecular complexity index is 486. The predicted molar refractivity (Wildman–Crippen MR) is 89.0 cm³/mol. The molecule has 1 aliphatic rings. The molecule has 0 aromatic heterocycles. The maximum absolute atomic E-state index is 13.0. The third-order valence-electron chi connectivity index (χ3n) is 4.04. The molecule has 0 aliphatic carbocycles. The number of hydrogen-bond donors (Lipinski definition) is 0. The number of ether oxygens (including phenoxy) is 3. The van der Waals surface area contributed by atoms with Crippen LogP contribution in [0.25, 0.3) is 0 Å². The molecule has 5 heteroatoms. The van der Waals surface area contributed by atoms with Crippen LogP contribution in [-0.2, 0) is 9.47 Å². The highest BCUT2D eigenvalue weighted by Crippen LogP contribution is 2.23. The lowest BCUT2D eigenvalue weighted by atomic mass is 10.0. The van der Waals surface area contributed by atoms with E-state index in [0.717, 1.165) is 26.1 Å². The summed E-state index contributed by atoms with van der Waals surface area (Å²) in [4.78, 5) is 14.9. The van der Waals surface area contributed by atoms with Gasteiger partial charge in [-0.3, -0.25) is 4.79 Å². The zero-order valence-electron chi connectivity index (χ0n) is 14.1. The van der Waals surface area contributed by atoms with Crippen molar-refractivity contribution in [2.45, 2.75) is 32.7 Å². The fourth-order valence-electron chi connectivity index (χ4n) is 2.84. The number of benzene rings is 1. The van der Waals surface area contributed by atoms with Crippen LogP contribution in [0.3, 0.4) is 0 Å². The molecule has 1 saturated heterocycles. The van der Waals surface area contributed by atoms with Gasteiger partial charge in [0.2, 0.25) is 0 Å². The molecular weight excluding hydrogens is 294 g/mol. The van der Waals surface area contributed by atoms with E-state index < -0.39 is 0 Å². The standard InChI is InChI=1S/C18H27NO4/c1-3-19(15-9-11-22-12-10-15)18(20)16-7-5-6-8-17(16)23-14-13-21-4-2/h5-8,15H,3-4,9-14H2,1-2H3. The van der Waals surface area contributed by atoms with Crippen molar-refractivity contribution in [3.05, 3.63) is 29.8 Å². The maximum Gasteiger partial charge on any atom is 0.257 e. The van der Waals surface area contributed by atoms with E-state index in [9.17, 15) is 4.79 Å². The van der Waals surface area contributed by atoms with Gasteiger partial charge in [0, 0.05) is 32.4 Å². The number of carbonyl (C=O) groups is 1. The minimum absolute atomic E-state index is 0.0337. The Hall–Kier alpha value is -1.59. The second-order valence-electron chi connectivity index (χ2n) is 5.48. The van der Waals surface area contributed by atoms with E-state index in [1.165, 1.54) is 0 Å². The van der Waals surface area contributed by atoms with E-state index in [2.05, 4.69) is 0 Å². The van der Waals surface area contributed by atoms with Gasteiger partial charge in [0.25, 0.3) is 5.91 Å². The van der Waals surface area contributed by atoms with Crippen LogP contribution in [0.2, 0.25) is 0 Å². The molecule has 0 spiro atoms. The summed E-state index contributed by atoms with van der Waals surface area (Å²) in [5, 5.41) is 0. The molecule has 1 amide bonds. The SMILES string of the molecule is CCOCCOc1ccccc1C(=O)N(CC)C1CCOCC1. The van der Waals surface area contributed by atoms with Gasteiger partial charge in [-0.15, -0.1) is 0 Å². The molecule has 23 heavy (non-hydrogen) atoms. The average Bonchev–Trinajstić information content (AvgIpc) is 2.60. The lowest BCUT2D eigenvalue weighted by Gasteiger charge is -2.33. The molecule has 0 bridgehead atoms. The van der Waals surface area contributed by atoms with Crippen LogP contribution in [0, 0.1) is 0 Å². The second kappa shape index (κ2) is 9.53. The summed E-state index contributed by atoms with van der Waals surface area (Å²) >= 11 is 0. The fourth-order valence-corrected chi connectivity index (χ4v) is 2.84. The third-order valence-corrected chi connectivity index (χ3v) is 4.04. The predicted octanol–water partition coefficient (Wildman–Crippen LogP) is 2.74. The molecule has 1 aromatic rings. The quantitative estimate of drug-likeness (QED) is 0.691. The first-order chi connectivity index (χ1) is 11.3. The third kappa shape index (κ3) is 4.94. The fraction of sp³-hybridized carbons (Fsp3) is 0.611. The van der Waals surface area contributed by atoms with Gasteiger partial charge in [-0.1, -0.05) is 12.1 Å². The van der Waals surface area contributed by atoms with Crippen molar-refractivity contribution < 1.29 is 19.0 Å². The van der Waals surface area contributed by atoms with Crippen LogP contribution in [0.5, 0.6) is 5.75 Å². The summed E-state index contributed by atoms with van der Waals surface area (Å²) in [5.41, 5.74) is 0.623. The maximum atomic E-state index is 13.0. The van der Waals surface area contributed by atoms with Crippen molar-refractivity contribution in [3.63, 3.8) is 0 Å². The van der Waals surface area contributed by atoms with Crippen LogP contribution < -0.4 is 4.74 Å². The Morgan fingerprint density at radius 3 is 2.65 bits per heavy atom. The van der Waals surface area contributed by atoms with Gasteiger partial charge in [0.1, 0.15) is 12.4 Å². The highest BCUT2D eigenvalue weighted by atomic mass is 16.5. The summed E-state index contributed by atoms with van der Waals surface area (Å²) in [6, 6.07) is 7.69. The lowest BCUT2D eigenvalue weighted by molar-refractivity contribution is 0.0302. The van der Waals surface area contributed by atoms with Crippen LogP contribution in [0.4, 0.5) is 0 Å². The average molecular weight is 321 g/mol. The molecule has 0 N–H and O–H groups in total. The number of para-hydroxylation sites is 1. The molecule has 1 heterocycles. The number of rotatable bonds is 8. The number of carbonyl (C=O) groups excluding carboxylic acids is 1. The molecule has 1 aromatic carbocycles. The van der Waals surface area contributed by atoms with E-state index >= 15 is 0 Å². The minimum atomic E-state index is 0.0337. The highest BCUT2D eigenvalue weighted by molar-refractivity contribution is 5.97. The second-order valence-corrected chi connectivity index (χ2v) is 5.48. The van der Waals surface area contributed by atoms with Crippen LogP contribution >= 0.6 is 0 Å². The molecule has 5 nitrogen and oxygen atoms in total. The van der Waals surface area contributed by atoms with E-state index in [0.29, 0.717) is 37.7 Å². The first kappa shape index (κ1) is 17.8. The van der Waals surface area contributed by atoms with E-state index in [1.807, 2.05) is 43.0 Å². The molecule has 0 saturated carbocycles. The zero-order chi connectivity index (χ0) is 16.5. The van der Waals surface area contributed by atoms with Crippen LogP contribution in [0.1, 0.15) is 37.0 Å².